The summed E-state index contributed by atoms with van der Waals surface area (Å²) in [6.07, 6.45) is 1.46. The first-order valence-electron chi connectivity index (χ1n) is 11.8. The number of rotatable bonds is 5. The van der Waals surface area contributed by atoms with E-state index >= 15 is 0 Å². The number of esters is 1. The Kier molecular flexibility index (Phi) is 7.26. The molecule has 0 bridgehead atoms. The molecule has 0 atom stereocenters. The van der Waals surface area contributed by atoms with E-state index in [2.05, 4.69) is 52.9 Å². The number of halogens is 3. The Morgan fingerprint density at radius 2 is 1.70 bits per heavy atom. The summed E-state index contributed by atoms with van der Waals surface area (Å²) in [6, 6.07) is 22.8. The molecule has 0 radical (unpaired) electrons. The summed E-state index contributed by atoms with van der Waals surface area (Å²) >= 11 is 10.4. The van der Waals surface area contributed by atoms with Crippen molar-refractivity contribution < 1.29 is 19.0 Å². The van der Waals surface area contributed by atoms with Crippen LogP contribution >= 0.6 is 47.8 Å². The minimum Gasteiger partial charge on any atom is -0.454 e. The number of aromatic nitrogens is 2. The number of hydrogen-bond donors (Lipinski definition) is 0. The first-order valence-corrected chi connectivity index (χ1v) is 14.2. The lowest BCUT2D eigenvalue weighted by molar-refractivity contribution is 0.0732. The van der Waals surface area contributed by atoms with Crippen LogP contribution in [0.1, 0.15) is 15.9 Å². The number of benzene rings is 4. The predicted molar refractivity (Wildman–Crippen MR) is 161 cm³/mol. The van der Waals surface area contributed by atoms with E-state index in [1.165, 1.54) is 10.9 Å². The summed E-state index contributed by atoms with van der Waals surface area (Å²) in [4.78, 5) is 31.4. The normalized spacial score (nSPS) is 12.3. The Morgan fingerprint density at radius 1 is 0.925 bits per heavy atom. The summed E-state index contributed by atoms with van der Waals surface area (Å²) in [5, 5.41) is 4.95. The molecule has 1 aliphatic heterocycles. The molecule has 4 aromatic carbocycles. The van der Waals surface area contributed by atoms with Crippen molar-refractivity contribution in [3.63, 3.8) is 0 Å². The van der Waals surface area contributed by atoms with Gasteiger partial charge in [0.05, 0.1) is 27.2 Å². The fourth-order valence-corrected chi connectivity index (χ4v) is 5.70. The van der Waals surface area contributed by atoms with E-state index < -0.39 is 5.97 Å². The van der Waals surface area contributed by atoms with Gasteiger partial charge in [-0.3, -0.25) is 4.79 Å². The molecule has 0 spiro atoms. The number of hydrogen-bond acceptors (Lipinski definition) is 7. The summed E-state index contributed by atoms with van der Waals surface area (Å²) in [5.41, 5.74) is 1.65. The van der Waals surface area contributed by atoms with Gasteiger partial charge >= 0.3 is 5.97 Å². The Balaban J connectivity index is 1.43. The third-order valence-electron chi connectivity index (χ3n) is 6.01. The molecule has 0 N–H and O–H groups in total. The number of para-hydroxylation sites is 1. The summed E-state index contributed by atoms with van der Waals surface area (Å²) in [6.45, 7) is 0.0952. The summed E-state index contributed by atoms with van der Waals surface area (Å²) in [5.74, 6) is 1.01. The lowest BCUT2D eigenvalue weighted by atomic mass is 10.2. The van der Waals surface area contributed by atoms with Crippen LogP contribution < -0.4 is 19.8 Å². The average Bonchev–Trinajstić information content (AvgIpc) is 3.42. The molecule has 0 aliphatic carbocycles. The molecule has 1 aromatic heterocycles. The quantitative estimate of drug-likeness (QED) is 0.108. The maximum Gasteiger partial charge on any atom is 0.343 e. The molecular formula is C29H16Br3N3O5. The second-order valence-corrected chi connectivity index (χ2v) is 11.3. The van der Waals surface area contributed by atoms with Crippen molar-refractivity contribution in [1.29, 1.82) is 0 Å². The fraction of sp³-hybridized carbons (Fsp3) is 0.0345. The average molecular weight is 726 g/mol. The summed E-state index contributed by atoms with van der Waals surface area (Å²) < 4.78 is 19.8. The number of nitrogens with zero attached hydrogens (tertiary/aromatic N) is 3. The van der Waals surface area contributed by atoms with E-state index in [-0.39, 0.29) is 23.7 Å². The van der Waals surface area contributed by atoms with E-state index in [4.69, 9.17) is 19.2 Å². The van der Waals surface area contributed by atoms with Gasteiger partial charge in [-0.25, -0.2) is 9.78 Å². The van der Waals surface area contributed by atoms with Crippen LogP contribution in [0.25, 0.3) is 22.3 Å². The van der Waals surface area contributed by atoms with Crippen LogP contribution in [0.2, 0.25) is 0 Å². The highest BCUT2D eigenvalue weighted by Gasteiger charge is 2.20. The molecule has 5 aromatic rings. The van der Waals surface area contributed by atoms with Gasteiger partial charge in [0.15, 0.2) is 23.1 Å². The molecule has 40 heavy (non-hydrogen) atoms. The van der Waals surface area contributed by atoms with E-state index in [1.807, 2.05) is 30.3 Å². The van der Waals surface area contributed by atoms with Gasteiger partial charge in [0.2, 0.25) is 6.79 Å². The molecule has 1 aliphatic rings. The van der Waals surface area contributed by atoms with Gasteiger partial charge in [-0.1, -0.05) is 56.1 Å². The minimum atomic E-state index is -0.601. The molecule has 0 saturated heterocycles. The van der Waals surface area contributed by atoms with Gasteiger partial charge in [-0.15, -0.1) is 0 Å². The monoisotopic (exact) mass is 723 g/mol. The van der Waals surface area contributed by atoms with Crippen LogP contribution in [0.3, 0.4) is 0 Å². The van der Waals surface area contributed by atoms with E-state index in [1.54, 1.807) is 48.5 Å². The number of carbonyl (C=O) groups is 1. The van der Waals surface area contributed by atoms with Crippen LogP contribution in [0.15, 0.2) is 102 Å². The zero-order chi connectivity index (χ0) is 27.8. The van der Waals surface area contributed by atoms with E-state index in [0.29, 0.717) is 48.3 Å². The van der Waals surface area contributed by atoms with Gasteiger partial charge in [-0.2, -0.15) is 9.78 Å². The topological polar surface area (TPSA) is 92.0 Å². The highest BCUT2D eigenvalue weighted by molar-refractivity contribution is 9.11. The lowest BCUT2D eigenvalue weighted by Gasteiger charge is -2.12. The number of fused-ring (bicyclic) bond motifs is 2. The Morgan fingerprint density at radius 3 is 2.52 bits per heavy atom. The minimum absolute atomic E-state index is 0.0952. The number of carbonyl (C=O) groups excluding carboxylic acids is 1. The lowest BCUT2D eigenvalue weighted by Crippen LogP contribution is -2.20. The van der Waals surface area contributed by atoms with Gasteiger partial charge in [-0.05, 0) is 70.5 Å². The first kappa shape index (κ1) is 26.4. The summed E-state index contributed by atoms with van der Waals surface area (Å²) in [7, 11) is 0. The van der Waals surface area contributed by atoms with Crippen molar-refractivity contribution in [2.75, 3.05) is 6.79 Å². The highest BCUT2D eigenvalue weighted by Crippen LogP contribution is 2.35. The molecule has 11 heteroatoms. The third-order valence-corrected chi connectivity index (χ3v) is 7.58. The SMILES string of the molecule is O=C(Oc1c(Br)cc(Br)cc1C=Nn1c(-c2ccc(Br)cc2)nc2ccccc2c1=O)c1ccc2c(c1)OCO2. The molecule has 0 saturated carbocycles. The molecule has 0 fully saturated rings. The Bertz CT molecular complexity index is 1890. The Hall–Kier alpha value is -3.80. The maximum atomic E-state index is 13.6. The highest BCUT2D eigenvalue weighted by atomic mass is 79.9. The second-order valence-electron chi connectivity index (χ2n) is 8.58. The van der Waals surface area contributed by atoms with Crippen molar-refractivity contribution in [3.8, 4) is 28.6 Å². The van der Waals surface area contributed by atoms with E-state index in [0.717, 1.165) is 4.47 Å². The van der Waals surface area contributed by atoms with Crippen LogP contribution in [-0.2, 0) is 0 Å². The van der Waals surface area contributed by atoms with Crippen molar-refractivity contribution in [1.82, 2.24) is 9.66 Å². The zero-order valence-electron chi connectivity index (χ0n) is 20.3. The van der Waals surface area contributed by atoms with Crippen molar-refractivity contribution in [2.45, 2.75) is 0 Å². The Labute approximate surface area is 252 Å². The number of ether oxygens (including phenoxy) is 3. The van der Waals surface area contributed by atoms with Crippen LogP contribution in [0, 0.1) is 0 Å². The molecule has 198 valence electrons. The van der Waals surface area contributed by atoms with Crippen LogP contribution in [-0.4, -0.2) is 28.6 Å². The molecular weight excluding hydrogens is 710 g/mol. The van der Waals surface area contributed by atoms with Gasteiger partial charge < -0.3 is 14.2 Å². The standard InChI is InChI=1S/C29H16Br3N3O5/c30-19-8-5-16(6-9-19)27-34-23-4-2-1-3-21(23)28(36)35(27)33-14-18-11-20(31)13-22(32)26(18)40-29(37)17-7-10-24-25(12-17)39-15-38-24/h1-14H,15H2. The zero-order valence-corrected chi connectivity index (χ0v) is 25.1. The fourth-order valence-electron chi connectivity index (χ4n) is 4.10. The second kappa shape index (κ2) is 11.0. The molecule has 8 nitrogen and oxygen atoms in total. The molecule has 2 heterocycles. The van der Waals surface area contributed by atoms with Gasteiger partial charge in [0.1, 0.15) is 0 Å². The van der Waals surface area contributed by atoms with Gasteiger partial charge in [0, 0.05) is 20.1 Å². The van der Waals surface area contributed by atoms with Crippen LogP contribution in [0.5, 0.6) is 17.2 Å². The molecule has 6 rings (SSSR count). The molecule has 0 amide bonds. The maximum absolute atomic E-state index is 13.6. The van der Waals surface area contributed by atoms with Crippen molar-refractivity contribution in [2.24, 2.45) is 5.10 Å². The first-order chi connectivity index (χ1) is 19.4. The van der Waals surface area contributed by atoms with Crippen molar-refractivity contribution in [3.05, 3.63) is 114 Å². The smallest absolute Gasteiger partial charge is 0.343 e. The van der Waals surface area contributed by atoms with Gasteiger partial charge in [0.25, 0.3) is 5.56 Å². The van der Waals surface area contributed by atoms with Crippen molar-refractivity contribution >= 4 is 70.9 Å². The largest absolute Gasteiger partial charge is 0.454 e. The third kappa shape index (κ3) is 5.19. The van der Waals surface area contributed by atoms with Crippen LogP contribution in [0.4, 0.5) is 0 Å². The predicted octanol–water partition coefficient (Wildman–Crippen LogP) is 7.18. The molecule has 0 unspecified atom stereocenters. The van der Waals surface area contributed by atoms with E-state index in [9.17, 15) is 9.59 Å².